The molecule has 19 heavy (non-hydrogen) atoms. The van der Waals surface area contributed by atoms with Crippen molar-refractivity contribution >= 4 is 10.9 Å². The lowest BCUT2D eigenvalue weighted by molar-refractivity contribution is 0.0907. The van der Waals surface area contributed by atoms with E-state index in [2.05, 4.69) is 34.6 Å². The van der Waals surface area contributed by atoms with Gasteiger partial charge in [0.1, 0.15) is 0 Å². The summed E-state index contributed by atoms with van der Waals surface area (Å²) in [5.74, 6) is 0. The first-order chi connectivity index (χ1) is 9.42. The summed E-state index contributed by atoms with van der Waals surface area (Å²) < 4.78 is 5.20. The van der Waals surface area contributed by atoms with E-state index < -0.39 is 0 Å². The zero-order valence-corrected chi connectivity index (χ0v) is 11.0. The average molecular weight is 260 g/mol. The molecule has 0 saturated carbocycles. The molecule has 0 unspecified atom stereocenters. The van der Waals surface area contributed by atoms with Crippen LogP contribution in [0.25, 0.3) is 10.9 Å². The number of rotatable bonds is 8. The van der Waals surface area contributed by atoms with E-state index in [9.17, 15) is 0 Å². The number of nitrogens with one attached hydrogen (secondary N) is 1. The molecule has 0 spiro atoms. The van der Waals surface area contributed by atoms with Gasteiger partial charge < -0.3 is 15.2 Å². The normalized spacial score (nSPS) is 11.0. The summed E-state index contributed by atoms with van der Waals surface area (Å²) in [5, 5.41) is 13.1. The van der Waals surface area contributed by atoms with Crippen LogP contribution in [0.5, 0.6) is 0 Å². The second-order valence-corrected chi connectivity index (χ2v) is 4.36. The number of pyridine rings is 1. The van der Waals surface area contributed by atoms with Crippen molar-refractivity contribution < 1.29 is 9.84 Å². The molecule has 0 aliphatic rings. The van der Waals surface area contributed by atoms with E-state index in [1.54, 1.807) is 0 Å². The Hall–Kier alpha value is -1.49. The molecule has 0 saturated heterocycles. The Morgan fingerprint density at radius 3 is 2.95 bits per heavy atom. The van der Waals surface area contributed by atoms with Crippen LogP contribution in [0, 0.1) is 0 Å². The Labute approximate surface area is 113 Å². The number of aliphatic hydroxyl groups is 1. The van der Waals surface area contributed by atoms with Crippen molar-refractivity contribution in [3.63, 3.8) is 0 Å². The van der Waals surface area contributed by atoms with Gasteiger partial charge in [-0.3, -0.25) is 4.98 Å². The molecule has 2 rings (SSSR count). The first-order valence-corrected chi connectivity index (χ1v) is 6.64. The number of ether oxygens (including phenoxy) is 1. The predicted octanol–water partition coefficient (Wildman–Crippen LogP) is 1.72. The molecule has 2 N–H and O–H groups in total. The molecule has 1 heterocycles. The minimum Gasteiger partial charge on any atom is -0.394 e. The highest BCUT2D eigenvalue weighted by molar-refractivity contribution is 5.81. The fourth-order valence-electron chi connectivity index (χ4n) is 2.00. The van der Waals surface area contributed by atoms with Gasteiger partial charge >= 0.3 is 0 Å². The van der Waals surface area contributed by atoms with E-state index in [-0.39, 0.29) is 6.61 Å². The van der Waals surface area contributed by atoms with Crippen LogP contribution in [-0.4, -0.2) is 36.5 Å². The molecular formula is C15H20N2O2. The molecule has 0 fully saturated rings. The van der Waals surface area contributed by atoms with Gasteiger partial charge in [-0.05, 0) is 24.6 Å². The van der Waals surface area contributed by atoms with Gasteiger partial charge in [0.2, 0.25) is 0 Å². The summed E-state index contributed by atoms with van der Waals surface area (Å²) >= 11 is 0. The van der Waals surface area contributed by atoms with E-state index in [0.29, 0.717) is 13.2 Å². The smallest absolute Gasteiger partial charge is 0.0746 e. The lowest BCUT2D eigenvalue weighted by Gasteiger charge is -2.07. The maximum absolute atomic E-state index is 8.57. The Morgan fingerprint density at radius 2 is 2.05 bits per heavy atom. The standard InChI is InChI=1S/C15H20N2O2/c18-9-11-19-10-3-7-16-12-14-5-1-4-13-6-2-8-17-15(13)14/h1-2,4-6,8,16,18H,3,7,9-12H2. The SMILES string of the molecule is OCCOCCCNCc1cccc2cccnc12. The van der Waals surface area contributed by atoms with Gasteiger partial charge in [-0.1, -0.05) is 24.3 Å². The van der Waals surface area contributed by atoms with E-state index in [1.807, 2.05) is 12.3 Å². The summed E-state index contributed by atoms with van der Waals surface area (Å²) in [4.78, 5) is 4.43. The maximum atomic E-state index is 8.57. The highest BCUT2D eigenvalue weighted by Gasteiger charge is 2.00. The lowest BCUT2D eigenvalue weighted by Crippen LogP contribution is -2.17. The Bertz CT molecular complexity index is 497. The van der Waals surface area contributed by atoms with Gasteiger partial charge in [0.05, 0.1) is 18.7 Å². The van der Waals surface area contributed by atoms with E-state index in [0.717, 1.165) is 25.0 Å². The van der Waals surface area contributed by atoms with Crippen LogP contribution in [-0.2, 0) is 11.3 Å². The fraction of sp³-hybridized carbons (Fsp3) is 0.400. The largest absolute Gasteiger partial charge is 0.394 e. The molecule has 1 aromatic carbocycles. The molecule has 1 aromatic heterocycles. The lowest BCUT2D eigenvalue weighted by atomic mass is 10.1. The summed E-state index contributed by atoms with van der Waals surface area (Å²) in [7, 11) is 0. The number of benzene rings is 1. The van der Waals surface area contributed by atoms with Crippen molar-refractivity contribution in [1.29, 1.82) is 0 Å². The van der Waals surface area contributed by atoms with Crippen LogP contribution in [0.1, 0.15) is 12.0 Å². The van der Waals surface area contributed by atoms with Crippen LogP contribution in [0.4, 0.5) is 0 Å². The van der Waals surface area contributed by atoms with E-state index in [1.165, 1.54) is 10.9 Å². The van der Waals surface area contributed by atoms with Crippen LogP contribution >= 0.6 is 0 Å². The summed E-state index contributed by atoms with van der Waals surface area (Å²) in [6.07, 6.45) is 2.77. The molecule has 0 aliphatic carbocycles. The van der Waals surface area contributed by atoms with Crippen LogP contribution in [0.15, 0.2) is 36.5 Å². The average Bonchev–Trinajstić information content (AvgIpc) is 2.46. The molecule has 2 aromatic rings. The number of hydrogen-bond acceptors (Lipinski definition) is 4. The topological polar surface area (TPSA) is 54.4 Å². The second-order valence-electron chi connectivity index (χ2n) is 4.36. The molecule has 0 bridgehead atoms. The van der Waals surface area contributed by atoms with E-state index >= 15 is 0 Å². The number of nitrogens with zero attached hydrogens (tertiary/aromatic N) is 1. The zero-order chi connectivity index (χ0) is 13.3. The quantitative estimate of drug-likeness (QED) is 0.710. The second kappa shape index (κ2) is 7.84. The van der Waals surface area contributed by atoms with Gasteiger partial charge in [-0.25, -0.2) is 0 Å². The minimum atomic E-state index is 0.0924. The van der Waals surface area contributed by atoms with Crippen LogP contribution in [0.2, 0.25) is 0 Å². The van der Waals surface area contributed by atoms with Gasteiger partial charge in [0.15, 0.2) is 0 Å². The molecule has 4 heteroatoms. The fourth-order valence-corrected chi connectivity index (χ4v) is 2.00. The predicted molar refractivity (Wildman–Crippen MR) is 76.0 cm³/mol. The molecule has 0 atom stereocenters. The Kier molecular flexibility index (Phi) is 5.75. The van der Waals surface area contributed by atoms with E-state index in [4.69, 9.17) is 9.84 Å². The summed E-state index contributed by atoms with van der Waals surface area (Å²) in [6, 6.07) is 10.3. The molecule has 0 radical (unpaired) electrons. The molecule has 0 aliphatic heterocycles. The van der Waals surface area contributed by atoms with Crippen molar-refractivity contribution in [3.05, 3.63) is 42.1 Å². The van der Waals surface area contributed by atoms with Gasteiger partial charge in [-0.2, -0.15) is 0 Å². The molecule has 102 valence electrons. The summed E-state index contributed by atoms with van der Waals surface area (Å²) in [6.45, 7) is 2.91. The van der Waals surface area contributed by atoms with Crippen molar-refractivity contribution in [2.75, 3.05) is 26.4 Å². The Balaban J connectivity index is 1.78. The highest BCUT2D eigenvalue weighted by Crippen LogP contribution is 2.15. The molecule has 0 amide bonds. The van der Waals surface area contributed by atoms with Crippen LogP contribution < -0.4 is 5.32 Å². The van der Waals surface area contributed by atoms with Crippen molar-refractivity contribution in [1.82, 2.24) is 10.3 Å². The first-order valence-electron chi connectivity index (χ1n) is 6.64. The zero-order valence-electron chi connectivity index (χ0n) is 11.0. The molecular weight excluding hydrogens is 240 g/mol. The maximum Gasteiger partial charge on any atom is 0.0746 e. The van der Waals surface area contributed by atoms with Gasteiger partial charge in [-0.15, -0.1) is 0 Å². The Morgan fingerprint density at radius 1 is 1.16 bits per heavy atom. The third kappa shape index (κ3) is 4.28. The van der Waals surface area contributed by atoms with Crippen LogP contribution in [0.3, 0.4) is 0 Å². The minimum absolute atomic E-state index is 0.0924. The number of para-hydroxylation sites is 1. The number of aliphatic hydroxyl groups excluding tert-OH is 1. The van der Waals surface area contributed by atoms with Gasteiger partial charge in [0, 0.05) is 24.7 Å². The number of fused-ring (bicyclic) bond motifs is 1. The third-order valence-electron chi connectivity index (χ3n) is 2.91. The molecule has 4 nitrogen and oxygen atoms in total. The monoisotopic (exact) mass is 260 g/mol. The first kappa shape index (κ1) is 13.9. The van der Waals surface area contributed by atoms with Crippen molar-refractivity contribution in [2.24, 2.45) is 0 Å². The van der Waals surface area contributed by atoms with Crippen molar-refractivity contribution in [3.8, 4) is 0 Å². The third-order valence-corrected chi connectivity index (χ3v) is 2.91. The number of hydrogen-bond donors (Lipinski definition) is 2. The summed E-state index contributed by atoms with van der Waals surface area (Å²) in [5.41, 5.74) is 2.28. The van der Waals surface area contributed by atoms with Crippen molar-refractivity contribution in [2.45, 2.75) is 13.0 Å². The van der Waals surface area contributed by atoms with Gasteiger partial charge in [0.25, 0.3) is 0 Å². The highest BCUT2D eigenvalue weighted by atomic mass is 16.5. The number of aromatic nitrogens is 1.